The van der Waals surface area contributed by atoms with Crippen LogP contribution in [0.1, 0.15) is 32.4 Å². The van der Waals surface area contributed by atoms with Gasteiger partial charge in [-0.2, -0.15) is 5.10 Å². The molecule has 2 aromatic heterocycles. The van der Waals surface area contributed by atoms with Crippen LogP contribution in [-0.4, -0.2) is 64.1 Å². The van der Waals surface area contributed by atoms with E-state index in [1.165, 1.54) is 18.9 Å². The molecule has 2 aliphatic heterocycles. The highest BCUT2D eigenvalue weighted by molar-refractivity contribution is 6.30. The van der Waals surface area contributed by atoms with Crippen molar-refractivity contribution in [2.24, 2.45) is 10.5 Å². The van der Waals surface area contributed by atoms with Crippen molar-refractivity contribution in [3.05, 3.63) is 47.0 Å². The second-order valence-corrected chi connectivity index (χ2v) is 10.7. The third-order valence-electron chi connectivity index (χ3n) is 7.11. The van der Waals surface area contributed by atoms with Gasteiger partial charge in [0.1, 0.15) is 22.8 Å². The summed E-state index contributed by atoms with van der Waals surface area (Å²) < 4.78 is 21.4. The minimum absolute atomic E-state index is 0.00533. The molecule has 1 saturated heterocycles. The predicted octanol–water partition coefficient (Wildman–Crippen LogP) is 4.86. The molecule has 0 spiro atoms. The van der Waals surface area contributed by atoms with Gasteiger partial charge in [-0.05, 0) is 44.9 Å². The Balaban J connectivity index is 1.39. The zero-order chi connectivity index (χ0) is 24.3. The van der Waals surface area contributed by atoms with E-state index in [0.717, 1.165) is 18.1 Å². The molecule has 3 aliphatic rings. The van der Waals surface area contributed by atoms with Gasteiger partial charge in [0.05, 0.1) is 28.8 Å². The van der Waals surface area contributed by atoms with Crippen LogP contribution in [0.15, 0.2) is 35.6 Å². The highest BCUT2D eigenvalue weighted by atomic mass is 35.5. The summed E-state index contributed by atoms with van der Waals surface area (Å²) in [6, 6.07) is 7.14. The van der Waals surface area contributed by atoms with Crippen LogP contribution in [-0.2, 0) is 4.74 Å². The number of anilines is 1. The van der Waals surface area contributed by atoms with Crippen LogP contribution in [0, 0.1) is 18.2 Å². The zero-order valence-corrected chi connectivity index (χ0v) is 20.8. The van der Waals surface area contributed by atoms with E-state index in [9.17, 15) is 4.39 Å². The Hall–Kier alpha value is -2.84. The Morgan fingerprint density at radius 3 is 2.77 bits per heavy atom. The van der Waals surface area contributed by atoms with Crippen molar-refractivity contribution in [2.45, 2.75) is 51.9 Å². The first-order chi connectivity index (χ1) is 16.8. The van der Waals surface area contributed by atoms with Crippen molar-refractivity contribution in [3.63, 3.8) is 0 Å². The molecule has 3 atom stereocenters. The summed E-state index contributed by atoms with van der Waals surface area (Å²) in [4.78, 5) is 16.4. The van der Waals surface area contributed by atoms with Crippen molar-refractivity contribution in [2.75, 3.05) is 24.5 Å². The summed E-state index contributed by atoms with van der Waals surface area (Å²) in [6.45, 7) is 8.39. The van der Waals surface area contributed by atoms with E-state index < -0.39 is 5.82 Å². The highest BCUT2D eigenvalue weighted by Gasteiger charge is 2.46. The largest absolute Gasteiger partial charge is 0.371 e. The number of hydrazone groups is 1. The van der Waals surface area contributed by atoms with Gasteiger partial charge in [0.2, 0.25) is 0 Å². The maximum absolute atomic E-state index is 15.0. The van der Waals surface area contributed by atoms with Crippen molar-refractivity contribution in [1.29, 1.82) is 0 Å². The topological polar surface area (TPSA) is 66.7 Å². The maximum Gasteiger partial charge on any atom is 0.134 e. The molecular formula is C26H28ClFN6O. The fourth-order valence-corrected chi connectivity index (χ4v) is 5.21. The van der Waals surface area contributed by atoms with E-state index in [4.69, 9.17) is 31.4 Å². The van der Waals surface area contributed by atoms with Crippen LogP contribution in [0.3, 0.4) is 0 Å². The third-order valence-corrected chi connectivity index (χ3v) is 7.35. The SMILES string of the molecule is Cc1cnc2c(-c3ccc(Cl)cc3F)nc(N3C[C@H](C)O[C@@H](C4(C)C=NN(C5CC5)C4)C3)cc2n1. The van der Waals surface area contributed by atoms with Gasteiger partial charge >= 0.3 is 0 Å². The van der Waals surface area contributed by atoms with Crippen LogP contribution in [0.5, 0.6) is 0 Å². The van der Waals surface area contributed by atoms with E-state index in [2.05, 4.69) is 35.0 Å². The Morgan fingerprint density at radius 2 is 2.00 bits per heavy atom. The van der Waals surface area contributed by atoms with Gasteiger partial charge in [-0.25, -0.2) is 14.4 Å². The average molecular weight is 495 g/mol. The number of aryl methyl sites for hydroxylation is 1. The third kappa shape index (κ3) is 4.23. The van der Waals surface area contributed by atoms with Crippen LogP contribution in [0.4, 0.5) is 10.2 Å². The Labute approximate surface area is 209 Å². The van der Waals surface area contributed by atoms with E-state index in [1.807, 2.05) is 13.0 Å². The number of rotatable bonds is 4. The lowest BCUT2D eigenvalue weighted by Gasteiger charge is -2.43. The molecule has 6 rings (SSSR count). The van der Waals surface area contributed by atoms with Crippen LogP contribution in [0.25, 0.3) is 22.3 Å². The van der Waals surface area contributed by atoms with Crippen molar-refractivity contribution in [3.8, 4) is 11.3 Å². The van der Waals surface area contributed by atoms with Gasteiger partial charge in [-0.3, -0.25) is 9.99 Å². The first-order valence-corrected chi connectivity index (χ1v) is 12.5. The number of hydrogen-bond acceptors (Lipinski definition) is 7. The van der Waals surface area contributed by atoms with E-state index in [1.54, 1.807) is 18.3 Å². The van der Waals surface area contributed by atoms with Crippen LogP contribution < -0.4 is 4.90 Å². The minimum Gasteiger partial charge on any atom is -0.371 e. The van der Waals surface area contributed by atoms with Crippen LogP contribution >= 0.6 is 11.6 Å². The summed E-state index contributed by atoms with van der Waals surface area (Å²) in [7, 11) is 0. The number of benzene rings is 1. The molecule has 7 nitrogen and oxygen atoms in total. The molecule has 0 amide bonds. The molecule has 0 N–H and O–H groups in total. The van der Waals surface area contributed by atoms with Crippen molar-refractivity contribution < 1.29 is 9.13 Å². The summed E-state index contributed by atoms with van der Waals surface area (Å²) in [5, 5.41) is 7.24. The molecule has 2 fully saturated rings. The van der Waals surface area contributed by atoms with Gasteiger partial charge in [-0.15, -0.1) is 0 Å². The van der Waals surface area contributed by atoms with Gasteiger partial charge < -0.3 is 9.64 Å². The normalized spacial score (nSPS) is 26.7. The lowest BCUT2D eigenvalue weighted by Crippen LogP contribution is -2.54. The number of halogens is 2. The predicted molar refractivity (Wildman–Crippen MR) is 135 cm³/mol. The summed E-state index contributed by atoms with van der Waals surface area (Å²) >= 11 is 6.01. The molecule has 35 heavy (non-hydrogen) atoms. The van der Waals surface area contributed by atoms with Crippen molar-refractivity contribution >= 4 is 34.7 Å². The summed E-state index contributed by atoms with van der Waals surface area (Å²) in [5.74, 6) is 0.299. The summed E-state index contributed by atoms with van der Waals surface area (Å²) in [5.41, 5.74) is 2.67. The van der Waals surface area contributed by atoms with E-state index in [0.29, 0.717) is 46.4 Å². The fourth-order valence-electron chi connectivity index (χ4n) is 5.05. The Kier molecular flexibility index (Phi) is 5.41. The molecule has 1 unspecified atom stereocenters. The minimum atomic E-state index is -0.436. The highest BCUT2D eigenvalue weighted by Crippen LogP contribution is 2.39. The molecule has 1 aliphatic carbocycles. The van der Waals surface area contributed by atoms with Gasteiger partial charge in [0.25, 0.3) is 0 Å². The van der Waals surface area contributed by atoms with Gasteiger partial charge in [0.15, 0.2) is 0 Å². The first kappa shape index (κ1) is 22.6. The van der Waals surface area contributed by atoms with Gasteiger partial charge in [-0.1, -0.05) is 18.5 Å². The summed E-state index contributed by atoms with van der Waals surface area (Å²) in [6.07, 6.45) is 6.13. The maximum atomic E-state index is 15.0. The molecule has 1 aromatic carbocycles. The monoisotopic (exact) mass is 494 g/mol. The lowest BCUT2D eigenvalue weighted by molar-refractivity contribution is -0.0611. The number of ether oxygens (including phenoxy) is 1. The van der Waals surface area contributed by atoms with E-state index in [-0.39, 0.29) is 17.6 Å². The van der Waals surface area contributed by atoms with Crippen LogP contribution in [0.2, 0.25) is 5.02 Å². The number of nitrogens with zero attached hydrogens (tertiary/aromatic N) is 6. The molecule has 182 valence electrons. The second kappa shape index (κ2) is 8.38. The average Bonchev–Trinajstić information content (AvgIpc) is 3.59. The quantitative estimate of drug-likeness (QED) is 0.516. The molecule has 0 bridgehead atoms. The molecule has 9 heteroatoms. The second-order valence-electron chi connectivity index (χ2n) is 10.3. The number of fused-ring (bicyclic) bond motifs is 1. The number of pyridine rings is 1. The molecule has 4 heterocycles. The lowest BCUT2D eigenvalue weighted by atomic mass is 9.84. The zero-order valence-electron chi connectivity index (χ0n) is 20.1. The van der Waals surface area contributed by atoms with Crippen molar-refractivity contribution in [1.82, 2.24) is 20.0 Å². The standard InChI is InChI=1S/C26H28ClFN6O/c1-15-10-29-25-21(31-15)9-23(32-24(25)19-7-4-17(27)8-20(19)28)33-11-16(2)35-22(12-33)26(3)13-30-34(14-26)18-5-6-18/h4,7-10,13,16,18,22H,5-6,11-12,14H2,1-3H3/t16-,22+,26?/m0/s1. The fraction of sp³-hybridized carbons (Fsp3) is 0.462. The smallest absolute Gasteiger partial charge is 0.134 e. The first-order valence-electron chi connectivity index (χ1n) is 12.1. The number of aromatic nitrogens is 3. The van der Waals surface area contributed by atoms with Gasteiger partial charge in [0, 0.05) is 54.7 Å². The Bertz CT molecular complexity index is 1330. The molecule has 3 aromatic rings. The molecular weight excluding hydrogens is 467 g/mol. The molecule has 1 saturated carbocycles. The Morgan fingerprint density at radius 1 is 1.17 bits per heavy atom. The number of hydrogen-bond donors (Lipinski definition) is 0. The molecule has 0 radical (unpaired) electrons. The van der Waals surface area contributed by atoms with E-state index >= 15 is 0 Å². The number of morpholine rings is 1.